The fourth-order valence-corrected chi connectivity index (χ4v) is 4.80. The van der Waals surface area contributed by atoms with E-state index in [-0.39, 0.29) is 24.3 Å². The molecule has 0 unspecified atom stereocenters. The molecule has 36 heavy (non-hydrogen) atoms. The topological polar surface area (TPSA) is 61.0 Å². The second kappa shape index (κ2) is 14.3. The van der Waals surface area contributed by atoms with Gasteiger partial charge in [-0.15, -0.1) is 0 Å². The van der Waals surface area contributed by atoms with Crippen LogP contribution >= 0.6 is 0 Å². The number of rotatable bonds is 15. The molecule has 0 saturated heterocycles. The van der Waals surface area contributed by atoms with Gasteiger partial charge in [-0.25, -0.2) is 0 Å². The molecule has 2 aliphatic rings. The minimum atomic E-state index is 0.0672. The Morgan fingerprint density at radius 3 is 1.36 bits per heavy atom. The van der Waals surface area contributed by atoms with Crippen LogP contribution < -0.4 is 29.6 Å². The van der Waals surface area contributed by atoms with Crippen LogP contribution in [0.5, 0.6) is 23.0 Å². The van der Waals surface area contributed by atoms with Gasteiger partial charge in [0, 0.05) is 12.1 Å². The molecule has 2 aromatic rings. The summed E-state index contributed by atoms with van der Waals surface area (Å²) in [6.07, 6.45) is 10.5. The number of benzene rings is 2. The zero-order chi connectivity index (χ0) is 25.0. The van der Waals surface area contributed by atoms with Crippen LogP contribution in [-0.4, -0.2) is 50.6 Å². The third kappa shape index (κ3) is 8.04. The van der Waals surface area contributed by atoms with Crippen LogP contribution in [0.3, 0.4) is 0 Å². The molecule has 2 aliphatic heterocycles. The number of hydrogen-bond acceptors (Lipinski definition) is 6. The van der Waals surface area contributed by atoms with Gasteiger partial charge in [-0.2, -0.15) is 0 Å². The first-order valence-corrected chi connectivity index (χ1v) is 13.9. The van der Waals surface area contributed by atoms with E-state index in [1.54, 1.807) is 0 Å². The summed E-state index contributed by atoms with van der Waals surface area (Å²) in [6.45, 7) is 7.66. The highest BCUT2D eigenvalue weighted by Gasteiger charge is 2.26. The minimum absolute atomic E-state index is 0.0672. The Morgan fingerprint density at radius 2 is 0.944 bits per heavy atom. The van der Waals surface area contributed by atoms with Crippen LogP contribution in [0.2, 0.25) is 0 Å². The molecule has 6 nitrogen and oxygen atoms in total. The van der Waals surface area contributed by atoms with Crippen molar-refractivity contribution in [3.8, 4) is 23.0 Å². The van der Waals surface area contributed by atoms with Crippen molar-refractivity contribution in [3.05, 3.63) is 48.5 Å². The van der Waals surface area contributed by atoms with Gasteiger partial charge in [-0.3, -0.25) is 0 Å². The lowest BCUT2D eigenvalue weighted by molar-refractivity contribution is 0.0666. The second-order valence-corrected chi connectivity index (χ2v) is 10.1. The van der Waals surface area contributed by atoms with Crippen molar-refractivity contribution in [3.63, 3.8) is 0 Å². The Balaban J connectivity index is 0.942. The normalized spacial score (nSPS) is 20.1. The average Bonchev–Trinajstić information content (AvgIpc) is 2.92. The number of ether oxygens (including phenoxy) is 4. The van der Waals surface area contributed by atoms with E-state index in [0.717, 1.165) is 36.1 Å². The summed E-state index contributed by atoms with van der Waals surface area (Å²) in [5.74, 6) is 3.41. The molecule has 6 heteroatoms. The molecule has 0 saturated carbocycles. The fourth-order valence-electron chi connectivity index (χ4n) is 4.80. The number of nitrogens with one attached hydrogen (secondary N) is 2. The van der Waals surface area contributed by atoms with Crippen molar-refractivity contribution < 1.29 is 18.9 Å². The van der Waals surface area contributed by atoms with Gasteiger partial charge < -0.3 is 29.6 Å². The minimum Gasteiger partial charge on any atom is -0.486 e. The molecule has 0 spiro atoms. The lowest BCUT2D eigenvalue weighted by Crippen LogP contribution is -2.46. The third-order valence-corrected chi connectivity index (χ3v) is 7.21. The summed E-state index contributed by atoms with van der Waals surface area (Å²) < 4.78 is 23.9. The van der Waals surface area contributed by atoms with E-state index in [4.69, 9.17) is 18.9 Å². The molecule has 198 valence electrons. The van der Waals surface area contributed by atoms with Gasteiger partial charge in [-0.1, -0.05) is 62.8 Å². The van der Waals surface area contributed by atoms with Crippen molar-refractivity contribution in [1.29, 1.82) is 0 Å². The van der Waals surface area contributed by atoms with Crippen molar-refractivity contribution in [1.82, 2.24) is 10.6 Å². The molecular formula is C30H44N2O4. The summed E-state index contributed by atoms with van der Waals surface area (Å²) in [6, 6.07) is 16.4. The van der Waals surface area contributed by atoms with Crippen LogP contribution in [0, 0.1) is 0 Å². The zero-order valence-corrected chi connectivity index (χ0v) is 22.0. The molecule has 0 aromatic heterocycles. The highest BCUT2D eigenvalue weighted by Crippen LogP contribution is 2.32. The highest BCUT2D eigenvalue weighted by atomic mass is 16.6. The summed E-state index contributed by atoms with van der Waals surface area (Å²) in [4.78, 5) is 0. The molecule has 2 heterocycles. The maximum Gasteiger partial charge on any atom is 0.161 e. The Morgan fingerprint density at radius 1 is 0.583 bits per heavy atom. The largest absolute Gasteiger partial charge is 0.486 e. The van der Waals surface area contributed by atoms with Gasteiger partial charge in [-0.05, 0) is 64.0 Å². The van der Waals surface area contributed by atoms with Crippen molar-refractivity contribution >= 4 is 0 Å². The van der Waals surface area contributed by atoms with Crippen LogP contribution in [0.25, 0.3) is 0 Å². The number of para-hydroxylation sites is 4. The smallest absolute Gasteiger partial charge is 0.161 e. The van der Waals surface area contributed by atoms with Gasteiger partial charge in [0.2, 0.25) is 0 Å². The van der Waals surface area contributed by atoms with Gasteiger partial charge in [0.05, 0.1) is 0 Å². The van der Waals surface area contributed by atoms with Crippen LogP contribution in [-0.2, 0) is 0 Å². The molecule has 2 N–H and O–H groups in total. The van der Waals surface area contributed by atoms with E-state index < -0.39 is 0 Å². The Labute approximate surface area is 217 Å². The molecule has 0 aliphatic carbocycles. The molecule has 0 bridgehead atoms. The third-order valence-electron chi connectivity index (χ3n) is 7.21. The number of unbranched alkanes of at least 4 members (excludes halogenated alkanes) is 7. The molecule has 0 amide bonds. The van der Waals surface area contributed by atoms with Crippen LogP contribution in [0.4, 0.5) is 0 Å². The molecule has 4 atom stereocenters. The summed E-state index contributed by atoms with van der Waals surface area (Å²) in [5, 5.41) is 7.23. The fraction of sp³-hybridized carbons (Fsp3) is 0.600. The first-order chi connectivity index (χ1) is 17.7. The Bertz CT molecular complexity index is 835. The van der Waals surface area contributed by atoms with E-state index in [2.05, 4.69) is 24.5 Å². The Kier molecular flexibility index (Phi) is 10.6. The maximum absolute atomic E-state index is 6.10. The summed E-state index contributed by atoms with van der Waals surface area (Å²) in [5.41, 5.74) is 0. The molecular weight excluding hydrogens is 452 g/mol. The predicted octanol–water partition coefficient (Wildman–Crippen LogP) is 5.74. The second-order valence-electron chi connectivity index (χ2n) is 10.1. The summed E-state index contributed by atoms with van der Waals surface area (Å²) in [7, 11) is 0. The van der Waals surface area contributed by atoms with Gasteiger partial charge >= 0.3 is 0 Å². The molecule has 2 aromatic carbocycles. The monoisotopic (exact) mass is 496 g/mol. The lowest BCUT2D eigenvalue weighted by atomic mass is 10.1. The zero-order valence-electron chi connectivity index (χ0n) is 22.0. The first kappa shape index (κ1) is 26.6. The quantitative estimate of drug-likeness (QED) is 0.307. The number of fused-ring (bicyclic) bond motifs is 2. The first-order valence-electron chi connectivity index (χ1n) is 13.9. The van der Waals surface area contributed by atoms with E-state index in [9.17, 15) is 0 Å². The van der Waals surface area contributed by atoms with E-state index >= 15 is 0 Å². The van der Waals surface area contributed by atoms with E-state index in [1.807, 2.05) is 48.5 Å². The lowest BCUT2D eigenvalue weighted by Gasteiger charge is -2.31. The predicted molar refractivity (Wildman–Crippen MR) is 145 cm³/mol. The highest BCUT2D eigenvalue weighted by molar-refractivity contribution is 5.41. The van der Waals surface area contributed by atoms with Crippen molar-refractivity contribution in [2.75, 3.05) is 26.3 Å². The van der Waals surface area contributed by atoms with E-state index in [1.165, 1.54) is 51.4 Å². The van der Waals surface area contributed by atoms with Crippen LogP contribution in [0.15, 0.2) is 48.5 Å². The Hall–Kier alpha value is -2.44. The van der Waals surface area contributed by atoms with E-state index in [0.29, 0.717) is 13.2 Å². The SMILES string of the molecule is C[C@H](NCCCCCCCCCCN[C@H](C)[C@H]1COc2ccccc2O1)[C@@H]1COc2ccccc2O1. The standard InChI is InChI=1S/C30H44N2O4/c1-23(29-21-33-25-15-9-11-17-27(25)35-29)31-19-13-7-5-3-4-6-8-14-20-32-24(2)30-22-34-26-16-10-12-18-28(26)36-30/h9-12,15-18,23-24,29-32H,3-8,13-14,19-22H2,1-2H3/t23-,24+,29-,30+. The van der Waals surface area contributed by atoms with Crippen molar-refractivity contribution in [2.45, 2.75) is 89.5 Å². The summed E-state index contributed by atoms with van der Waals surface area (Å²) >= 11 is 0. The van der Waals surface area contributed by atoms with Gasteiger partial charge in [0.15, 0.2) is 23.0 Å². The average molecular weight is 497 g/mol. The molecule has 4 rings (SSSR count). The maximum atomic E-state index is 6.10. The molecule has 0 fully saturated rings. The van der Waals surface area contributed by atoms with Gasteiger partial charge in [0.25, 0.3) is 0 Å². The molecule has 0 radical (unpaired) electrons. The van der Waals surface area contributed by atoms with Gasteiger partial charge in [0.1, 0.15) is 25.4 Å². The number of hydrogen-bond donors (Lipinski definition) is 2. The van der Waals surface area contributed by atoms with Crippen molar-refractivity contribution in [2.24, 2.45) is 0 Å². The van der Waals surface area contributed by atoms with Crippen LogP contribution in [0.1, 0.15) is 65.2 Å².